The van der Waals surface area contributed by atoms with Gasteiger partial charge < -0.3 is 10.2 Å². The highest BCUT2D eigenvalue weighted by atomic mass is 16.2. The number of benzene rings is 1. The Morgan fingerprint density at radius 2 is 1.92 bits per heavy atom. The van der Waals surface area contributed by atoms with Crippen LogP contribution in [0.15, 0.2) is 24.3 Å². The number of carbonyl (C=O) groups excluding carboxylic acids is 2. The Balaban J connectivity index is 1.58. The van der Waals surface area contributed by atoms with Crippen molar-refractivity contribution in [3.05, 3.63) is 35.4 Å². The first-order chi connectivity index (χ1) is 11.5. The van der Waals surface area contributed by atoms with Crippen LogP contribution in [0.3, 0.4) is 0 Å². The van der Waals surface area contributed by atoms with Crippen LogP contribution in [-0.4, -0.2) is 55.3 Å². The fourth-order valence-electron chi connectivity index (χ4n) is 4.17. The highest BCUT2D eigenvalue weighted by Crippen LogP contribution is 2.40. The smallest absolute Gasteiger partial charge is 0.251 e. The Kier molecular flexibility index (Phi) is 4.90. The lowest BCUT2D eigenvalue weighted by atomic mass is 9.88. The maximum absolute atomic E-state index is 11.9. The van der Waals surface area contributed by atoms with E-state index >= 15 is 0 Å². The number of nitrogens with zero attached hydrogens (tertiary/aromatic N) is 2. The number of hydrogen-bond donors (Lipinski definition) is 1. The van der Waals surface area contributed by atoms with Crippen LogP contribution in [0, 0.1) is 11.8 Å². The van der Waals surface area contributed by atoms with Gasteiger partial charge in [0.25, 0.3) is 5.91 Å². The second-order valence-corrected chi connectivity index (χ2v) is 7.31. The minimum absolute atomic E-state index is 0.0523. The molecule has 5 heteroatoms. The predicted molar refractivity (Wildman–Crippen MR) is 93.6 cm³/mol. The Hall–Kier alpha value is -1.88. The highest BCUT2D eigenvalue weighted by molar-refractivity contribution is 5.93. The highest BCUT2D eigenvalue weighted by Gasteiger charge is 2.41. The van der Waals surface area contributed by atoms with Crippen molar-refractivity contribution in [3.8, 4) is 0 Å². The second kappa shape index (κ2) is 6.93. The molecule has 5 nitrogen and oxygen atoms in total. The Morgan fingerprint density at radius 3 is 2.58 bits per heavy atom. The van der Waals surface area contributed by atoms with Crippen LogP contribution in [0.5, 0.6) is 0 Å². The summed E-state index contributed by atoms with van der Waals surface area (Å²) in [4.78, 5) is 27.8. The van der Waals surface area contributed by atoms with Crippen LogP contribution in [-0.2, 0) is 11.3 Å². The number of amides is 2. The molecule has 3 rings (SSSR count). The molecule has 1 saturated carbocycles. The van der Waals surface area contributed by atoms with Crippen LogP contribution in [0.2, 0.25) is 0 Å². The van der Waals surface area contributed by atoms with Gasteiger partial charge in [-0.2, -0.15) is 0 Å². The van der Waals surface area contributed by atoms with Crippen molar-refractivity contribution in [1.29, 1.82) is 0 Å². The lowest BCUT2D eigenvalue weighted by Gasteiger charge is -2.31. The fraction of sp³-hybridized carbons (Fsp3) is 0.579. The van der Waals surface area contributed by atoms with Crippen molar-refractivity contribution in [1.82, 2.24) is 15.1 Å². The number of likely N-dealkylation sites (tertiary alicyclic amines) is 1. The number of nitrogens with one attached hydrogen (secondary N) is 1. The molecule has 1 aromatic rings. The zero-order chi connectivity index (χ0) is 17.3. The minimum atomic E-state index is -0.0523. The molecule has 1 N–H and O–H groups in total. The summed E-state index contributed by atoms with van der Waals surface area (Å²) in [7, 11) is 5.73. The largest absolute Gasteiger partial charge is 0.355 e. The van der Waals surface area contributed by atoms with Gasteiger partial charge in [-0.3, -0.25) is 14.5 Å². The van der Waals surface area contributed by atoms with Gasteiger partial charge in [-0.05, 0) is 49.4 Å². The van der Waals surface area contributed by atoms with Crippen molar-refractivity contribution in [3.63, 3.8) is 0 Å². The third-order valence-corrected chi connectivity index (χ3v) is 5.69. The molecular formula is C19H27N3O2. The third kappa shape index (κ3) is 3.46. The summed E-state index contributed by atoms with van der Waals surface area (Å²) in [6.07, 6.45) is 3.01. The molecule has 0 bridgehead atoms. The van der Waals surface area contributed by atoms with Crippen molar-refractivity contribution in [2.24, 2.45) is 11.8 Å². The van der Waals surface area contributed by atoms with Crippen molar-refractivity contribution >= 4 is 11.8 Å². The summed E-state index contributed by atoms with van der Waals surface area (Å²) in [5, 5.41) is 2.64. The van der Waals surface area contributed by atoms with Crippen molar-refractivity contribution in [2.45, 2.75) is 31.8 Å². The first-order valence-corrected chi connectivity index (χ1v) is 8.73. The average molecular weight is 329 g/mol. The van der Waals surface area contributed by atoms with E-state index < -0.39 is 0 Å². The van der Waals surface area contributed by atoms with E-state index in [9.17, 15) is 9.59 Å². The number of rotatable bonds is 4. The average Bonchev–Trinajstić information content (AvgIpc) is 2.98. The molecule has 0 radical (unpaired) electrons. The van der Waals surface area contributed by atoms with Gasteiger partial charge in [0.1, 0.15) is 0 Å². The van der Waals surface area contributed by atoms with E-state index in [1.54, 1.807) is 7.05 Å². The third-order valence-electron chi connectivity index (χ3n) is 5.69. The monoisotopic (exact) mass is 329 g/mol. The second-order valence-electron chi connectivity index (χ2n) is 7.31. The van der Waals surface area contributed by atoms with Gasteiger partial charge in [-0.25, -0.2) is 0 Å². The molecule has 0 aromatic heterocycles. The number of hydrogen-bond acceptors (Lipinski definition) is 3. The van der Waals surface area contributed by atoms with Crippen molar-refractivity contribution in [2.75, 3.05) is 27.7 Å². The number of fused-ring (bicyclic) bond motifs is 1. The normalized spacial score (nSPS) is 26.6. The molecule has 130 valence electrons. The lowest BCUT2D eigenvalue weighted by molar-refractivity contribution is -0.134. The quantitative estimate of drug-likeness (QED) is 0.915. The number of piperidine rings is 1. The molecular weight excluding hydrogens is 302 g/mol. The van der Waals surface area contributed by atoms with Crippen molar-refractivity contribution < 1.29 is 9.59 Å². The Morgan fingerprint density at radius 1 is 1.25 bits per heavy atom. The van der Waals surface area contributed by atoms with Crippen LogP contribution in [0.25, 0.3) is 0 Å². The van der Waals surface area contributed by atoms with Crippen LogP contribution in [0.1, 0.15) is 35.2 Å². The summed E-state index contributed by atoms with van der Waals surface area (Å²) in [5.41, 5.74) is 1.91. The molecule has 2 fully saturated rings. The molecule has 1 aliphatic heterocycles. The summed E-state index contributed by atoms with van der Waals surface area (Å²) in [6.45, 7) is 1.79. The molecule has 3 atom stereocenters. The van der Waals surface area contributed by atoms with E-state index in [0.717, 1.165) is 19.5 Å². The zero-order valence-corrected chi connectivity index (χ0v) is 14.8. The molecule has 2 aliphatic rings. The van der Waals surface area contributed by atoms with Crippen LogP contribution >= 0.6 is 0 Å². The summed E-state index contributed by atoms with van der Waals surface area (Å²) in [6, 6.07) is 8.35. The summed E-state index contributed by atoms with van der Waals surface area (Å²) >= 11 is 0. The first-order valence-electron chi connectivity index (χ1n) is 8.73. The van der Waals surface area contributed by atoms with E-state index in [2.05, 4.69) is 17.3 Å². The molecule has 2 amide bonds. The zero-order valence-electron chi connectivity index (χ0n) is 14.8. The van der Waals surface area contributed by atoms with Gasteiger partial charge in [-0.15, -0.1) is 0 Å². The fourth-order valence-corrected chi connectivity index (χ4v) is 4.17. The van der Waals surface area contributed by atoms with E-state index in [1.165, 1.54) is 12.0 Å². The van der Waals surface area contributed by atoms with Gasteiger partial charge >= 0.3 is 0 Å². The van der Waals surface area contributed by atoms with Gasteiger partial charge in [-0.1, -0.05) is 12.1 Å². The molecule has 1 saturated heterocycles. The van der Waals surface area contributed by atoms with E-state index in [0.29, 0.717) is 35.8 Å². The summed E-state index contributed by atoms with van der Waals surface area (Å²) < 4.78 is 0. The minimum Gasteiger partial charge on any atom is -0.355 e. The predicted octanol–water partition coefficient (Wildman–Crippen LogP) is 1.73. The van der Waals surface area contributed by atoms with Gasteiger partial charge in [0.05, 0.1) is 0 Å². The maximum Gasteiger partial charge on any atom is 0.251 e. The molecule has 24 heavy (non-hydrogen) atoms. The van der Waals surface area contributed by atoms with E-state index in [-0.39, 0.29) is 5.91 Å². The molecule has 1 aliphatic carbocycles. The Bertz CT molecular complexity index is 614. The van der Waals surface area contributed by atoms with Gasteiger partial charge in [0, 0.05) is 45.2 Å². The SMILES string of the molecule is CNC(=O)c1ccc(CN(C)[C@@H]2C[C@@H]3CC(=O)N(C)C[C@@H]3C2)cc1. The molecule has 0 spiro atoms. The van der Waals surface area contributed by atoms with Gasteiger partial charge in [0.15, 0.2) is 0 Å². The Labute approximate surface area is 144 Å². The van der Waals surface area contributed by atoms with E-state index in [4.69, 9.17) is 0 Å². The standard InChI is InChI=1S/C19H27N3O2/c1-20-19(24)14-6-4-13(5-7-14)11-21(2)17-8-15-10-18(23)22(3)12-16(15)9-17/h4-7,15-17H,8-12H2,1-3H3,(H,20,24)/t15-,16+,17-/m1/s1. The molecule has 0 unspecified atom stereocenters. The first kappa shape index (κ1) is 17.0. The van der Waals surface area contributed by atoms with Crippen LogP contribution < -0.4 is 5.32 Å². The lowest BCUT2D eigenvalue weighted by Crippen LogP contribution is -2.39. The van der Waals surface area contributed by atoms with Crippen LogP contribution in [0.4, 0.5) is 0 Å². The maximum atomic E-state index is 11.9. The number of carbonyl (C=O) groups is 2. The molecule has 1 aromatic carbocycles. The molecule has 1 heterocycles. The summed E-state index contributed by atoms with van der Waals surface area (Å²) in [5.74, 6) is 1.44. The van der Waals surface area contributed by atoms with E-state index in [1.807, 2.05) is 36.2 Å². The topological polar surface area (TPSA) is 52.7 Å². The van der Waals surface area contributed by atoms with Gasteiger partial charge in [0.2, 0.25) is 5.91 Å².